The van der Waals surface area contributed by atoms with E-state index in [1.165, 1.54) is 0 Å². The van der Waals surface area contributed by atoms with Crippen molar-refractivity contribution in [2.24, 2.45) is 12.8 Å². The van der Waals surface area contributed by atoms with Gasteiger partial charge in [0.05, 0.1) is 37.2 Å². The molecule has 0 aromatic carbocycles. The van der Waals surface area contributed by atoms with Gasteiger partial charge in [0.2, 0.25) is 5.91 Å². The van der Waals surface area contributed by atoms with E-state index in [-0.39, 0.29) is 12.5 Å². The highest BCUT2D eigenvalue weighted by Gasteiger charge is 2.06. The van der Waals surface area contributed by atoms with Gasteiger partial charge in [0, 0.05) is 7.05 Å². The van der Waals surface area contributed by atoms with Crippen LogP contribution in [0.1, 0.15) is 17.1 Å². The number of nitrogens with one attached hydrogen (secondary N) is 1. The van der Waals surface area contributed by atoms with Crippen molar-refractivity contribution in [3.63, 3.8) is 0 Å². The molecule has 0 saturated carbocycles. The third-order valence-corrected chi connectivity index (χ3v) is 2.66. The minimum Gasteiger partial charge on any atom is -0.349 e. The molecule has 19 heavy (non-hydrogen) atoms. The van der Waals surface area contributed by atoms with E-state index in [0.717, 1.165) is 11.4 Å². The fraction of sp³-hybridized carbons (Fsp3) is 0.455. The molecule has 2 heterocycles. The molecule has 0 spiro atoms. The summed E-state index contributed by atoms with van der Waals surface area (Å²) in [7, 11) is 1.89. The zero-order valence-corrected chi connectivity index (χ0v) is 11.0. The molecule has 0 saturated heterocycles. The van der Waals surface area contributed by atoms with Crippen LogP contribution >= 0.6 is 0 Å². The molecule has 0 atom stereocenters. The first-order chi connectivity index (χ1) is 9.08. The van der Waals surface area contributed by atoms with Crippen LogP contribution in [0.15, 0.2) is 12.3 Å². The lowest BCUT2D eigenvalue weighted by Crippen LogP contribution is -2.29. The average molecular weight is 263 g/mol. The molecule has 8 nitrogen and oxygen atoms in total. The van der Waals surface area contributed by atoms with Gasteiger partial charge in [0.1, 0.15) is 5.69 Å². The topological polar surface area (TPSA) is 104 Å². The Balaban J connectivity index is 1.97. The summed E-state index contributed by atoms with van der Waals surface area (Å²) in [5.74, 6) is -0.211. The lowest BCUT2D eigenvalue weighted by atomic mass is 10.3. The number of nitrogens with zero attached hydrogens (tertiary/aromatic N) is 5. The highest BCUT2D eigenvalue weighted by atomic mass is 16.1. The Morgan fingerprint density at radius 1 is 1.53 bits per heavy atom. The van der Waals surface area contributed by atoms with Crippen LogP contribution < -0.4 is 11.1 Å². The molecule has 0 radical (unpaired) electrons. The van der Waals surface area contributed by atoms with Gasteiger partial charge in [-0.2, -0.15) is 5.10 Å². The number of amides is 1. The van der Waals surface area contributed by atoms with Crippen molar-refractivity contribution < 1.29 is 4.79 Å². The number of aryl methyl sites for hydroxylation is 2. The Labute approximate surface area is 110 Å². The predicted molar refractivity (Wildman–Crippen MR) is 68.0 cm³/mol. The Hall–Kier alpha value is -2.22. The molecular formula is C11H17N7O. The maximum atomic E-state index is 11.0. The quantitative estimate of drug-likeness (QED) is 0.716. The summed E-state index contributed by atoms with van der Waals surface area (Å²) >= 11 is 0. The molecule has 0 unspecified atom stereocenters. The number of hydrogen-bond acceptors (Lipinski definition) is 5. The van der Waals surface area contributed by atoms with Crippen LogP contribution in [0.25, 0.3) is 0 Å². The summed E-state index contributed by atoms with van der Waals surface area (Å²) in [6.07, 6.45) is 1.79. The number of nitrogens with two attached hydrogens (primary N) is 1. The van der Waals surface area contributed by atoms with E-state index in [1.54, 1.807) is 10.9 Å². The van der Waals surface area contributed by atoms with Gasteiger partial charge in [0.25, 0.3) is 0 Å². The van der Waals surface area contributed by atoms with Crippen molar-refractivity contribution in [2.75, 3.05) is 6.54 Å². The standard InChI is InChI=1S/C11H17N7O/c1-8-3-10(17(2)15-8)7-18-6-9(14-16-18)5-13-11(19)4-12/h3,6H,4-5,7,12H2,1-2H3,(H,13,19). The van der Waals surface area contributed by atoms with Crippen molar-refractivity contribution in [1.29, 1.82) is 0 Å². The second-order valence-electron chi connectivity index (χ2n) is 4.29. The van der Waals surface area contributed by atoms with E-state index < -0.39 is 0 Å². The van der Waals surface area contributed by atoms with Gasteiger partial charge in [-0.3, -0.25) is 9.48 Å². The van der Waals surface area contributed by atoms with E-state index >= 15 is 0 Å². The first-order valence-electron chi connectivity index (χ1n) is 5.94. The van der Waals surface area contributed by atoms with Crippen LogP contribution in [0.3, 0.4) is 0 Å². The molecule has 0 aliphatic rings. The van der Waals surface area contributed by atoms with Gasteiger partial charge in [-0.25, -0.2) is 4.68 Å². The monoisotopic (exact) mass is 263 g/mol. The van der Waals surface area contributed by atoms with Crippen LogP contribution in [0.2, 0.25) is 0 Å². The Morgan fingerprint density at radius 3 is 2.95 bits per heavy atom. The fourth-order valence-corrected chi connectivity index (χ4v) is 1.74. The Morgan fingerprint density at radius 2 is 2.32 bits per heavy atom. The van der Waals surface area contributed by atoms with E-state index in [1.807, 2.05) is 24.7 Å². The summed E-state index contributed by atoms with van der Waals surface area (Å²) in [5.41, 5.74) is 7.90. The smallest absolute Gasteiger partial charge is 0.234 e. The molecule has 1 amide bonds. The van der Waals surface area contributed by atoms with E-state index in [0.29, 0.717) is 18.8 Å². The summed E-state index contributed by atoms with van der Waals surface area (Å²) in [4.78, 5) is 11.0. The molecule has 0 bridgehead atoms. The third-order valence-electron chi connectivity index (χ3n) is 2.66. The third kappa shape index (κ3) is 3.38. The summed E-state index contributed by atoms with van der Waals surface area (Å²) in [6, 6.07) is 2.00. The maximum Gasteiger partial charge on any atom is 0.234 e. The number of carbonyl (C=O) groups is 1. The summed E-state index contributed by atoms with van der Waals surface area (Å²) in [6.45, 7) is 2.84. The number of aromatic nitrogens is 5. The largest absolute Gasteiger partial charge is 0.349 e. The molecule has 102 valence electrons. The van der Waals surface area contributed by atoms with Crippen LogP contribution in [-0.2, 0) is 24.9 Å². The maximum absolute atomic E-state index is 11.0. The average Bonchev–Trinajstić information content (AvgIpc) is 2.94. The second kappa shape index (κ2) is 5.61. The minimum atomic E-state index is -0.211. The lowest BCUT2D eigenvalue weighted by molar-refractivity contribution is -0.119. The van der Waals surface area contributed by atoms with Crippen LogP contribution in [0.5, 0.6) is 0 Å². The second-order valence-corrected chi connectivity index (χ2v) is 4.29. The predicted octanol–water partition coefficient (Wildman–Crippen LogP) is -1.06. The highest BCUT2D eigenvalue weighted by Crippen LogP contribution is 2.04. The number of rotatable bonds is 5. The zero-order chi connectivity index (χ0) is 13.8. The van der Waals surface area contributed by atoms with E-state index in [2.05, 4.69) is 20.7 Å². The molecular weight excluding hydrogens is 246 g/mol. The first-order valence-corrected chi connectivity index (χ1v) is 5.94. The molecule has 2 aromatic rings. The zero-order valence-electron chi connectivity index (χ0n) is 11.0. The molecule has 2 aromatic heterocycles. The Bertz CT molecular complexity index is 571. The first kappa shape index (κ1) is 13.2. The van der Waals surface area contributed by atoms with Crippen LogP contribution in [0.4, 0.5) is 0 Å². The SMILES string of the molecule is Cc1cc(Cn2cc(CNC(=O)CN)nn2)n(C)n1. The number of hydrogen-bond donors (Lipinski definition) is 2. The van der Waals surface area contributed by atoms with Gasteiger partial charge < -0.3 is 11.1 Å². The fourth-order valence-electron chi connectivity index (χ4n) is 1.74. The van der Waals surface area contributed by atoms with Gasteiger partial charge in [-0.15, -0.1) is 5.10 Å². The normalized spacial score (nSPS) is 10.7. The van der Waals surface area contributed by atoms with Gasteiger partial charge >= 0.3 is 0 Å². The minimum absolute atomic E-state index is 0.0254. The summed E-state index contributed by atoms with van der Waals surface area (Å²) < 4.78 is 3.52. The molecule has 8 heteroatoms. The number of carbonyl (C=O) groups excluding carboxylic acids is 1. The molecule has 3 N–H and O–H groups in total. The van der Waals surface area contributed by atoms with Crippen molar-refractivity contribution in [3.05, 3.63) is 29.3 Å². The summed E-state index contributed by atoms with van der Waals surface area (Å²) in [5, 5.41) is 14.9. The van der Waals surface area contributed by atoms with Gasteiger partial charge in [-0.05, 0) is 13.0 Å². The van der Waals surface area contributed by atoms with E-state index in [9.17, 15) is 4.79 Å². The molecule has 0 fully saturated rings. The Kier molecular flexibility index (Phi) is 3.91. The van der Waals surface area contributed by atoms with Crippen molar-refractivity contribution >= 4 is 5.91 Å². The van der Waals surface area contributed by atoms with E-state index in [4.69, 9.17) is 5.73 Å². The van der Waals surface area contributed by atoms with Crippen molar-refractivity contribution in [3.8, 4) is 0 Å². The lowest BCUT2D eigenvalue weighted by Gasteiger charge is -2.00. The highest BCUT2D eigenvalue weighted by molar-refractivity contribution is 5.77. The van der Waals surface area contributed by atoms with Crippen LogP contribution in [-0.4, -0.2) is 37.2 Å². The molecule has 2 rings (SSSR count). The van der Waals surface area contributed by atoms with Gasteiger partial charge in [-0.1, -0.05) is 5.21 Å². The van der Waals surface area contributed by atoms with Crippen molar-refractivity contribution in [1.82, 2.24) is 30.1 Å². The van der Waals surface area contributed by atoms with Crippen molar-refractivity contribution in [2.45, 2.75) is 20.0 Å². The van der Waals surface area contributed by atoms with Crippen LogP contribution in [0, 0.1) is 6.92 Å². The molecule has 0 aliphatic heterocycles. The van der Waals surface area contributed by atoms with Gasteiger partial charge in [0.15, 0.2) is 0 Å². The molecule has 0 aliphatic carbocycles.